The molecule has 1 saturated heterocycles. The lowest BCUT2D eigenvalue weighted by molar-refractivity contribution is -0.128. The van der Waals surface area contributed by atoms with E-state index < -0.39 is 28.6 Å². The summed E-state index contributed by atoms with van der Waals surface area (Å²) in [5.41, 5.74) is 1.06. The van der Waals surface area contributed by atoms with Crippen molar-refractivity contribution in [1.29, 1.82) is 0 Å². The van der Waals surface area contributed by atoms with Gasteiger partial charge in [-0.05, 0) is 55.7 Å². The zero-order valence-electron chi connectivity index (χ0n) is 24.3. The minimum absolute atomic E-state index is 0.0144. The number of phenols is 1. The number of aryl methyl sites for hydroxylation is 1. The number of nitrogens with zero attached hydrogens (tertiary/aromatic N) is 6. The Hall–Kier alpha value is -4.67. The number of halogens is 2. The molecule has 3 heterocycles. The van der Waals surface area contributed by atoms with Crippen LogP contribution in [0, 0.1) is 18.6 Å². The molecule has 4 rings (SSSR count). The molecule has 0 saturated carbocycles. The molecular formula is C31H34F2N6O3. The Balaban J connectivity index is 1.98. The van der Waals surface area contributed by atoms with E-state index in [1.807, 2.05) is 25.7 Å². The van der Waals surface area contributed by atoms with E-state index >= 15 is 4.39 Å². The molecule has 1 unspecified atom stereocenters. The van der Waals surface area contributed by atoms with Gasteiger partial charge < -0.3 is 14.9 Å². The van der Waals surface area contributed by atoms with Crippen molar-refractivity contribution < 1.29 is 23.5 Å². The number of benzene rings is 1. The molecule has 1 aliphatic heterocycles. The normalized spacial score (nSPS) is 15.6. The lowest BCUT2D eigenvalue weighted by Crippen LogP contribution is -2.55. The van der Waals surface area contributed by atoms with Crippen LogP contribution in [0.2, 0.25) is 0 Å². The topological polar surface area (TPSA) is 102 Å². The smallest absolute Gasteiger partial charge is 0.246 e. The predicted octanol–water partition coefficient (Wildman–Crippen LogP) is 4.95. The quantitative estimate of drug-likeness (QED) is 0.185. The summed E-state index contributed by atoms with van der Waals surface area (Å²) in [5.74, 6) is -2.19. The Kier molecular flexibility index (Phi) is 8.99. The standard InChI is InChI=1S/C31H34F2N6O3/c1-7-26(42)37-13-14-38(19(4)16-37)30(34-6)22-15-24(33)28(27-23(32)9-8-10-25(27)41)36-31(22)39(17-40)29-20(5)35-12-11-21(29)18(2)3/h7-12,15,17-19,41H,1,13-14,16H2,2-6H3. The van der Waals surface area contributed by atoms with E-state index in [4.69, 9.17) is 0 Å². The van der Waals surface area contributed by atoms with Crippen molar-refractivity contribution in [1.82, 2.24) is 19.8 Å². The summed E-state index contributed by atoms with van der Waals surface area (Å²) < 4.78 is 30.9. The molecule has 11 heteroatoms. The zero-order chi connectivity index (χ0) is 30.7. The molecular weight excluding hydrogens is 542 g/mol. The fourth-order valence-electron chi connectivity index (χ4n) is 5.32. The average molecular weight is 577 g/mol. The molecule has 0 spiro atoms. The van der Waals surface area contributed by atoms with Crippen LogP contribution >= 0.6 is 0 Å². The molecule has 1 aliphatic rings. The first-order valence-electron chi connectivity index (χ1n) is 13.6. The molecule has 1 N–H and O–H groups in total. The molecule has 1 fully saturated rings. The van der Waals surface area contributed by atoms with Crippen LogP contribution in [0.1, 0.15) is 43.5 Å². The third-order valence-electron chi connectivity index (χ3n) is 7.36. The number of phenolic OH excluding ortho intramolecular Hbond substituents is 1. The van der Waals surface area contributed by atoms with Gasteiger partial charge in [0.1, 0.15) is 23.1 Å². The Morgan fingerprint density at radius 1 is 1.24 bits per heavy atom. The highest BCUT2D eigenvalue weighted by Gasteiger charge is 2.33. The monoisotopic (exact) mass is 576 g/mol. The second kappa shape index (κ2) is 12.5. The van der Waals surface area contributed by atoms with Crippen molar-refractivity contribution in [2.75, 3.05) is 31.6 Å². The van der Waals surface area contributed by atoms with Crippen molar-refractivity contribution in [3.05, 3.63) is 77.6 Å². The number of hydrogen-bond acceptors (Lipinski definition) is 6. The molecule has 2 aromatic heterocycles. The summed E-state index contributed by atoms with van der Waals surface area (Å²) in [6.07, 6.45) is 3.46. The number of aromatic nitrogens is 2. The highest BCUT2D eigenvalue weighted by Crippen LogP contribution is 2.39. The van der Waals surface area contributed by atoms with Gasteiger partial charge in [-0.15, -0.1) is 0 Å². The first-order valence-corrected chi connectivity index (χ1v) is 13.6. The third kappa shape index (κ3) is 5.59. The summed E-state index contributed by atoms with van der Waals surface area (Å²) in [4.78, 5) is 43.4. The van der Waals surface area contributed by atoms with Gasteiger partial charge >= 0.3 is 0 Å². The van der Waals surface area contributed by atoms with Gasteiger partial charge in [-0.1, -0.05) is 26.5 Å². The maximum absolute atomic E-state index is 15.9. The predicted molar refractivity (Wildman–Crippen MR) is 158 cm³/mol. The zero-order valence-corrected chi connectivity index (χ0v) is 24.3. The fraction of sp³-hybridized carbons (Fsp3) is 0.323. The molecule has 2 amide bonds. The van der Waals surface area contributed by atoms with Gasteiger partial charge in [-0.2, -0.15) is 0 Å². The lowest BCUT2D eigenvalue weighted by Gasteiger charge is -2.41. The molecule has 9 nitrogen and oxygen atoms in total. The van der Waals surface area contributed by atoms with Crippen LogP contribution in [-0.4, -0.2) is 75.8 Å². The largest absolute Gasteiger partial charge is 0.507 e. The van der Waals surface area contributed by atoms with Crippen LogP contribution < -0.4 is 4.90 Å². The molecule has 0 aliphatic carbocycles. The number of pyridine rings is 2. The van der Waals surface area contributed by atoms with Gasteiger partial charge in [0.05, 0.1) is 22.5 Å². The number of carbonyl (C=O) groups excluding carboxylic acids is 2. The molecule has 220 valence electrons. The van der Waals surface area contributed by atoms with Crippen LogP contribution in [0.4, 0.5) is 20.3 Å². The highest BCUT2D eigenvalue weighted by molar-refractivity contribution is 6.07. The van der Waals surface area contributed by atoms with Crippen molar-refractivity contribution >= 4 is 29.7 Å². The minimum atomic E-state index is -0.915. The van der Waals surface area contributed by atoms with Crippen molar-refractivity contribution in [2.24, 2.45) is 4.99 Å². The average Bonchev–Trinajstić information content (AvgIpc) is 2.96. The Labute approximate surface area is 243 Å². The first kappa shape index (κ1) is 30.3. The lowest BCUT2D eigenvalue weighted by atomic mass is 9.99. The van der Waals surface area contributed by atoms with E-state index in [1.165, 1.54) is 23.1 Å². The number of amidine groups is 1. The molecule has 3 aromatic rings. The summed E-state index contributed by atoms with van der Waals surface area (Å²) in [5, 5.41) is 10.5. The number of aromatic hydroxyl groups is 1. The van der Waals surface area contributed by atoms with E-state index in [1.54, 1.807) is 31.1 Å². The Morgan fingerprint density at radius 2 is 1.98 bits per heavy atom. The van der Waals surface area contributed by atoms with Crippen LogP contribution in [0.5, 0.6) is 5.75 Å². The number of piperazine rings is 1. The SMILES string of the molecule is C=CC(=O)N1CCN(C(=NC)c2cc(F)c(-c3c(O)cccc3F)nc2N(C=O)c2c(C(C)C)ccnc2C)C(C)C1. The fourth-order valence-corrected chi connectivity index (χ4v) is 5.32. The number of amides is 2. The maximum atomic E-state index is 15.9. The van der Waals surface area contributed by atoms with Crippen molar-refractivity contribution in [3.8, 4) is 17.0 Å². The summed E-state index contributed by atoms with van der Waals surface area (Å²) in [7, 11) is 1.54. The van der Waals surface area contributed by atoms with E-state index in [9.17, 15) is 19.1 Å². The molecule has 42 heavy (non-hydrogen) atoms. The summed E-state index contributed by atoms with van der Waals surface area (Å²) >= 11 is 0. The molecule has 1 atom stereocenters. The first-order chi connectivity index (χ1) is 20.0. The highest BCUT2D eigenvalue weighted by atomic mass is 19.1. The molecule has 1 aromatic carbocycles. The van der Waals surface area contributed by atoms with Gasteiger partial charge in [0.2, 0.25) is 12.3 Å². The van der Waals surface area contributed by atoms with Crippen LogP contribution in [-0.2, 0) is 9.59 Å². The summed E-state index contributed by atoms with van der Waals surface area (Å²) in [6.45, 7) is 12.3. The van der Waals surface area contributed by atoms with Gasteiger partial charge in [0.25, 0.3) is 0 Å². The summed E-state index contributed by atoms with van der Waals surface area (Å²) in [6, 6.07) is 6.34. The number of aliphatic imine (C=N–C) groups is 1. The molecule has 0 radical (unpaired) electrons. The molecule has 0 bridgehead atoms. The number of anilines is 2. The van der Waals surface area contributed by atoms with Crippen LogP contribution in [0.3, 0.4) is 0 Å². The van der Waals surface area contributed by atoms with Crippen molar-refractivity contribution in [2.45, 2.75) is 39.7 Å². The number of hydrogen-bond donors (Lipinski definition) is 1. The van der Waals surface area contributed by atoms with E-state index in [0.29, 0.717) is 43.3 Å². The van der Waals surface area contributed by atoms with Crippen molar-refractivity contribution in [3.63, 3.8) is 0 Å². The number of carbonyl (C=O) groups is 2. The minimum Gasteiger partial charge on any atom is -0.507 e. The Bertz CT molecular complexity index is 1540. The van der Waals surface area contributed by atoms with E-state index in [2.05, 4.69) is 21.5 Å². The van der Waals surface area contributed by atoms with Crippen LogP contribution in [0.15, 0.2) is 54.2 Å². The second-order valence-corrected chi connectivity index (χ2v) is 10.4. The van der Waals surface area contributed by atoms with Gasteiger partial charge in [0.15, 0.2) is 11.6 Å². The van der Waals surface area contributed by atoms with Gasteiger partial charge in [0, 0.05) is 38.9 Å². The number of rotatable bonds is 7. The second-order valence-electron chi connectivity index (χ2n) is 10.4. The Morgan fingerprint density at radius 3 is 2.57 bits per heavy atom. The van der Waals surface area contributed by atoms with Crippen LogP contribution in [0.25, 0.3) is 11.3 Å². The van der Waals surface area contributed by atoms with Gasteiger partial charge in [-0.25, -0.2) is 13.8 Å². The third-order valence-corrected chi connectivity index (χ3v) is 7.36. The van der Waals surface area contributed by atoms with E-state index in [-0.39, 0.29) is 29.2 Å². The van der Waals surface area contributed by atoms with Gasteiger partial charge in [-0.3, -0.25) is 24.5 Å². The maximum Gasteiger partial charge on any atom is 0.246 e. The van der Waals surface area contributed by atoms with E-state index in [0.717, 1.165) is 17.7 Å².